The van der Waals surface area contributed by atoms with E-state index in [0.717, 1.165) is 30.2 Å². The number of rotatable bonds is 2. The summed E-state index contributed by atoms with van der Waals surface area (Å²) in [7, 11) is 0. The smallest absolute Gasteiger partial charge is 0.123 e. The van der Waals surface area contributed by atoms with Crippen LogP contribution in [0.4, 0.5) is 0 Å². The van der Waals surface area contributed by atoms with E-state index in [1.165, 1.54) is 12.1 Å². The highest BCUT2D eigenvalue weighted by atomic mass is 15.1. The topological polar surface area (TPSA) is 59.6 Å². The SMILES string of the molecule is NCc1nc(-c2ccc[nH]2)c2n1CCC2. The fraction of sp³-hybridized carbons (Fsp3) is 0.364. The zero-order valence-electron chi connectivity index (χ0n) is 8.53. The Morgan fingerprint density at radius 3 is 3.20 bits per heavy atom. The van der Waals surface area contributed by atoms with Crippen molar-refractivity contribution in [3.63, 3.8) is 0 Å². The van der Waals surface area contributed by atoms with E-state index >= 15 is 0 Å². The molecule has 0 saturated carbocycles. The molecule has 1 aliphatic heterocycles. The Labute approximate surface area is 88.1 Å². The first-order valence-corrected chi connectivity index (χ1v) is 5.32. The number of aromatic amines is 1. The van der Waals surface area contributed by atoms with Crippen molar-refractivity contribution in [1.82, 2.24) is 14.5 Å². The molecule has 2 aromatic rings. The summed E-state index contributed by atoms with van der Waals surface area (Å²) in [6.07, 6.45) is 4.25. The van der Waals surface area contributed by atoms with Gasteiger partial charge in [0.25, 0.3) is 0 Å². The lowest BCUT2D eigenvalue weighted by Gasteiger charge is -1.99. The number of nitrogens with one attached hydrogen (secondary N) is 1. The van der Waals surface area contributed by atoms with E-state index in [4.69, 9.17) is 5.73 Å². The maximum atomic E-state index is 5.70. The second-order valence-corrected chi connectivity index (χ2v) is 3.87. The fourth-order valence-electron chi connectivity index (χ4n) is 2.31. The lowest BCUT2D eigenvalue weighted by Crippen LogP contribution is -2.06. The third kappa shape index (κ3) is 1.22. The van der Waals surface area contributed by atoms with Gasteiger partial charge < -0.3 is 15.3 Å². The summed E-state index contributed by atoms with van der Waals surface area (Å²) in [5.74, 6) is 1.01. The summed E-state index contributed by atoms with van der Waals surface area (Å²) in [6.45, 7) is 1.59. The summed E-state index contributed by atoms with van der Waals surface area (Å²) in [4.78, 5) is 7.80. The molecule has 0 aliphatic carbocycles. The number of nitrogens with two attached hydrogens (primary N) is 1. The van der Waals surface area contributed by atoms with Crippen LogP contribution < -0.4 is 5.73 Å². The first-order valence-electron chi connectivity index (χ1n) is 5.32. The summed E-state index contributed by atoms with van der Waals surface area (Å²) in [5.41, 5.74) is 9.21. The first kappa shape index (κ1) is 8.73. The Morgan fingerprint density at radius 1 is 1.53 bits per heavy atom. The molecule has 3 rings (SSSR count). The van der Waals surface area contributed by atoms with E-state index in [-0.39, 0.29) is 0 Å². The van der Waals surface area contributed by atoms with Crippen molar-refractivity contribution in [1.29, 1.82) is 0 Å². The monoisotopic (exact) mass is 202 g/mol. The number of imidazole rings is 1. The summed E-state index contributed by atoms with van der Waals surface area (Å²) >= 11 is 0. The van der Waals surface area contributed by atoms with Crippen LogP contribution >= 0.6 is 0 Å². The lowest BCUT2D eigenvalue weighted by atomic mass is 10.2. The van der Waals surface area contributed by atoms with Crippen LogP contribution in [0, 0.1) is 0 Å². The molecule has 4 heteroatoms. The second kappa shape index (κ2) is 3.24. The van der Waals surface area contributed by atoms with Gasteiger partial charge >= 0.3 is 0 Å². The standard InChI is InChI=1S/C11H14N4/c12-7-10-14-11(8-3-1-5-13-8)9-4-2-6-15(9)10/h1,3,5,13H,2,4,6-7,12H2. The minimum Gasteiger partial charge on any atom is -0.360 e. The van der Waals surface area contributed by atoms with Gasteiger partial charge in [0, 0.05) is 18.4 Å². The average molecular weight is 202 g/mol. The zero-order chi connectivity index (χ0) is 10.3. The quantitative estimate of drug-likeness (QED) is 0.770. The Hall–Kier alpha value is -1.55. The van der Waals surface area contributed by atoms with Gasteiger partial charge in [-0.25, -0.2) is 4.98 Å². The number of fused-ring (bicyclic) bond motifs is 1. The zero-order valence-corrected chi connectivity index (χ0v) is 8.53. The third-order valence-electron chi connectivity index (χ3n) is 2.98. The lowest BCUT2D eigenvalue weighted by molar-refractivity contribution is 0.689. The molecule has 0 radical (unpaired) electrons. The molecule has 0 amide bonds. The number of H-pyrrole nitrogens is 1. The molecule has 1 aliphatic rings. The van der Waals surface area contributed by atoms with Crippen LogP contribution in [0.3, 0.4) is 0 Å². The normalized spacial score (nSPS) is 14.5. The largest absolute Gasteiger partial charge is 0.360 e. The first-order chi connectivity index (χ1) is 7.40. The molecular weight excluding hydrogens is 188 g/mol. The van der Waals surface area contributed by atoms with Gasteiger partial charge in [0.15, 0.2) is 0 Å². The molecule has 0 atom stereocenters. The van der Waals surface area contributed by atoms with Crippen LogP contribution in [-0.2, 0) is 19.5 Å². The molecule has 15 heavy (non-hydrogen) atoms. The summed E-state index contributed by atoms with van der Waals surface area (Å²) < 4.78 is 2.26. The fourth-order valence-corrected chi connectivity index (χ4v) is 2.31. The van der Waals surface area contributed by atoms with Crippen molar-refractivity contribution in [3.05, 3.63) is 29.8 Å². The number of hydrogen-bond acceptors (Lipinski definition) is 2. The molecule has 0 saturated heterocycles. The molecule has 78 valence electrons. The highest BCUT2D eigenvalue weighted by molar-refractivity contribution is 5.58. The van der Waals surface area contributed by atoms with Crippen LogP contribution in [0.2, 0.25) is 0 Å². The summed E-state index contributed by atoms with van der Waals surface area (Å²) in [6, 6.07) is 4.06. The van der Waals surface area contributed by atoms with Crippen molar-refractivity contribution >= 4 is 0 Å². The van der Waals surface area contributed by atoms with Crippen molar-refractivity contribution in [2.75, 3.05) is 0 Å². The van der Waals surface area contributed by atoms with Gasteiger partial charge in [0.05, 0.1) is 12.2 Å². The Bertz CT molecular complexity index is 467. The molecule has 4 nitrogen and oxygen atoms in total. The Morgan fingerprint density at radius 2 is 2.47 bits per heavy atom. The van der Waals surface area contributed by atoms with Gasteiger partial charge in [0.1, 0.15) is 11.5 Å². The molecular formula is C11H14N4. The van der Waals surface area contributed by atoms with Gasteiger partial charge in [-0.1, -0.05) is 0 Å². The van der Waals surface area contributed by atoms with E-state index < -0.39 is 0 Å². The molecule has 0 spiro atoms. The average Bonchev–Trinajstić information content (AvgIpc) is 2.94. The van der Waals surface area contributed by atoms with Crippen molar-refractivity contribution < 1.29 is 0 Å². The second-order valence-electron chi connectivity index (χ2n) is 3.87. The van der Waals surface area contributed by atoms with Crippen molar-refractivity contribution in [2.24, 2.45) is 5.73 Å². The number of nitrogens with zero attached hydrogens (tertiary/aromatic N) is 2. The van der Waals surface area contributed by atoms with Gasteiger partial charge in [-0.2, -0.15) is 0 Å². The summed E-state index contributed by atoms with van der Waals surface area (Å²) in [5, 5.41) is 0. The predicted molar refractivity (Wildman–Crippen MR) is 58.2 cm³/mol. The predicted octanol–water partition coefficient (Wildman–Crippen LogP) is 1.28. The van der Waals surface area contributed by atoms with E-state index in [1.54, 1.807) is 0 Å². The molecule has 0 aromatic carbocycles. The van der Waals surface area contributed by atoms with Gasteiger partial charge in [-0.05, 0) is 25.0 Å². The third-order valence-corrected chi connectivity index (χ3v) is 2.98. The minimum absolute atomic E-state index is 0.522. The molecule has 2 aromatic heterocycles. The maximum absolute atomic E-state index is 5.70. The number of aromatic nitrogens is 3. The van der Waals surface area contributed by atoms with E-state index in [2.05, 4.69) is 20.6 Å². The molecule has 3 N–H and O–H groups in total. The highest BCUT2D eigenvalue weighted by Crippen LogP contribution is 2.28. The van der Waals surface area contributed by atoms with Crippen molar-refractivity contribution in [3.8, 4) is 11.4 Å². The van der Waals surface area contributed by atoms with Crippen LogP contribution in [0.25, 0.3) is 11.4 Å². The maximum Gasteiger partial charge on any atom is 0.123 e. The molecule has 0 bridgehead atoms. The molecule has 3 heterocycles. The van der Waals surface area contributed by atoms with E-state index in [0.29, 0.717) is 6.54 Å². The van der Waals surface area contributed by atoms with Crippen LogP contribution in [0.1, 0.15) is 17.9 Å². The van der Waals surface area contributed by atoms with Gasteiger partial charge in [-0.15, -0.1) is 0 Å². The van der Waals surface area contributed by atoms with E-state index in [9.17, 15) is 0 Å². The Balaban J connectivity index is 2.17. The van der Waals surface area contributed by atoms with Crippen LogP contribution in [-0.4, -0.2) is 14.5 Å². The van der Waals surface area contributed by atoms with Crippen LogP contribution in [0.5, 0.6) is 0 Å². The number of hydrogen-bond donors (Lipinski definition) is 2. The van der Waals surface area contributed by atoms with Gasteiger partial charge in [-0.3, -0.25) is 0 Å². The Kier molecular flexibility index (Phi) is 1.89. The van der Waals surface area contributed by atoms with Crippen molar-refractivity contribution in [2.45, 2.75) is 25.9 Å². The molecule has 0 fully saturated rings. The van der Waals surface area contributed by atoms with E-state index in [1.807, 2.05) is 12.3 Å². The van der Waals surface area contributed by atoms with Crippen LogP contribution in [0.15, 0.2) is 18.3 Å². The minimum atomic E-state index is 0.522. The van der Waals surface area contributed by atoms with Gasteiger partial charge in [0.2, 0.25) is 0 Å². The highest BCUT2D eigenvalue weighted by Gasteiger charge is 2.21. The molecule has 0 unspecified atom stereocenters.